The molecule has 3 nitrogen and oxygen atoms in total. The van der Waals surface area contributed by atoms with E-state index in [9.17, 15) is 4.79 Å². The van der Waals surface area contributed by atoms with Crippen LogP contribution in [-0.4, -0.2) is 31.1 Å². The van der Waals surface area contributed by atoms with Crippen molar-refractivity contribution >= 4 is 5.78 Å². The van der Waals surface area contributed by atoms with Crippen molar-refractivity contribution in [3.05, 3.63) is 0 Å². The van der Waals surface area contributed by atoms with Crippen LogP contribution in [0.3, 0.4) is 0 Å². The molecule has 0 aromatic heterocycles. The van der Waals surface area contributed by atoms with Gasteiger partial charge in [-0.05, 0) is 33.7 Å². The van der Waals surface area contributed by atoms with Crippen molar-refractivity contribution in [2.75, 3.05) is 19.7 Å². The fourth-order valence-corrected chi connectivity index (χ4v) is 1.04. The normalized spacial score (nSPS) is 12.9. The highest BCUT2D eigenvalue weighted by atomic mass is 16.5. The van der Waals surface area contributed by atoms with E-state index in [1.807, 2.05) is 41.5 Å². The van der Waals surface area contributed by atoms with Crippen LogP contribution in [-0.2, 0) is 9.53 Å². The van der Waals surface area contributed by atoms with Crippen LogP contribution in [0.15, 0.2) is 0 Å². The average Bonchev–Trinajstić information content (AvgIpc) is 2.07. The number of nitrogens with one attached hydrogen (secondary N) is 1. The van der Waals surface area contributed by atoms with Crippen molar-refractivity contribution in [2.24, 2.45) is 5.41 Å². The number of ketones is 1. The summed E-state index contributed by atoms with van der Waals surface area (Å²) in [7, 11) is 0. The predicted molar refractivity (Wildman–Crippen MR) is 67.7 cm³/mol. The highest BCUT2D eigenvalue weighted by molar-refractivity contribution is 5.85. The van der Waals surface area contributed by atoms with Crippen molar-refractivity contribution in [2.45, 2.75) is 53.6 Å². The highest BCUT2D eigenvalue weighted by Gasteiger charge is 2.19. The molecule has 0 unspecified atom stereocenters. The zero-order valence-corrected chi connectivity index (χ0v) is 11.6. The Kier molecular flexibility index (Phi) is 6.19. The molecule has 0 spiro atoms. The van der Waals surface area contributed by atoms with Gasteiger partial charge in [0.2, 0.25) is 0 Å². The number of Topliss-reactive ketones (excluding diaryl/α,β-unsaturated/α-hetero) is 1. The lowest BCUT2D eigenvalue weighted by Gasteiger charge is -2.20. The van der Waals surface area contributed by atoms with Crippen LogP contribution in [0.2, 0.25) is 0 Å². The topological polar surface area (TPSA) is 38.3 Å². The number of rotatable bonds is 6. The molecular weight excluding hydrogens is 202 g/mol. The van der Waals surface area contributed by atoms with Crippen molar-refractivity contribution in [3.8, 4) is 0 Å². The van der Waals surface area contributed by atoms with Gasteiger partial charge in [-0.3, -0.25) is 4.79 Å². The Morgan fingerprint density at radius 1 is 1.12 bits per heavy atom. The molecule has 1 N–H and O–H groups in total. The van der Waals surface area contributed by atoms with Crippen LogP contribution in [0.25, 0.3) is 0 Å². The van der Waals surface area contributed by atoms with Crippen molar-refractivity contribution in [1.29, 1.82) is 0 Å². The van der Waals surface area contributed by atoms with Gasteiger partial charge in [0.1, 0.15) is 0 Å². The molecule has 96 valence electrons. The summed E-state index contributed by atoms with van der Waals surface area (Å²) < 4.78 is 5.58. The minimum Gasteiger partial charge on any atom is -0.376 e. The molecule has 0 radical (unpaired) electrons. The quantitative estimate of drug-likeness (QED) is 0.711. The third-order valence-electron chi connectivity index (χ3n) is 2.16. The van der Waals surface area contributed by atoms with E-state index < -0.39 is 0 Å². The predicted octanol–water partition coefficient (Wildman–Crippen LogP) is 2.40. The monoisotopic (exact) mass is 229 g/mol. The first-order chi connectivity index (χ1) is 7.13. The number of carbonyl (C=O) groups is 1. The van der Waals surface area contributed by atoms with Crippen LogP contribution in [0.1, 0.15) is 48.0 Å². The molecule has 0 aliphatic carbocycles. The molecule has 0 fully saturated rings. The second-order valence-electron chi connectivity index (χ2n) is 6.16. The Bertz CT molecular complexity index is 211. The van der Waals surface area contributed by atoms with Crippen LogP contribution in [0, 0.1) is 5.41 Å². The van der Waals surface area contributed by atoms with Gasteiger partial charge in [0.15, 0.2) is 5.78 Å². The van der Waals surface area contributed by atoms with Gasteiger partial charge in [-0.2, -0.15) is 0 Å². The lowest BCUT2D eigenvalue weighted by molar-refractivity contribution is -0.125. The highest BCUT2D eigenvalue weighted by Crippen LogP contribution is 2.13. The fraction of sp³-hybridized carbons (Fsp3) is 0.923. The van der Waals surface area contributed by atoms with E-state index in [-0.39, 0.29) is 16.8 Å². The molecule has 0 heterocycles. The molecule has 0 amide bonds. The largest absolute Gasteiger partial charge is 0.376 e. The van der Waals surface area contributed by atoms with Crippen molar-refractivity contribution < 1.29 is 9.53 Å². The molecule has 0 aromatic rings. The SMILES string of the molecule is CC(C)(C)OCCCNCC(=O)C(C)(C)C. The van der Waals surface area contributed by atoms with Crippen LogP contribution in [0.5, 0.6) is 0 Å². The molecule has 0 bridgehead atoms. The summed E-state index contributed by atoms with van der Waals surface area (Å²) in [4.78, 5) is 11.6. The average molecular weight is 229 g/mol. The Morgan fingerprint density at radius 2 is 1.69 bits per heavy atom. The molecule has 16 heavy (non-hydrogen) atoms. The summed E-state index contributed by atoms with van der Waals surface area (Å²) in [5.41, 5.74) is -0.309. The minimum absolute atomic E-state index is 0.0682. The molecular formula is C13H27NO2. The number of ether oxygens (including phenoxy) is 1. The summed E-state index contributed by atoms with van der Waals surface area (Å²) >= 11 is 0. The second kappa shape index (κ2) is 6.36. The molecule has 0 aliphatic rings. The Labute approximate surface area is 99.9 Å². The summed E-state index contributed by atoms with van der Waals surface area (Å²) in [5.74, 6) is 0.254. The van der Waals surface area contributed by atoms with Crippen LogP contribution in [0.4, 0.5) is 0 Å². The molecule has 0 aromatic carbocycles. The zero-order valence-electron chi connectivity index (χ0n) is 11.6. The molecule has 0 atom stereocenters. The maximum atomic E-state index is 11.6. The summed E-state index contributed by atoms with van der Waals surface area (Å²) in [6.07, 6.45) is 0.939. The molecule has 3 heteroatoms. The number of hydrogen-bond acceptors (Lipinski definition) is 3. The van der Waals surface area contributed by atoms with E-state index >= 15 is 0 Å². The van der Waals surface area contributed by atoms with Crippen molar-refractivity contribution in [3.63, 3.8) is 0 Å². The smallest absolute Gasteiger partial charge is 0.151 e. The molecule has 0 saturated carbocycles. The van der Waals surface area contributed by atoms with E-state index in [0.29, 0.717) is 6.54 Å². The van der Waals surface area contributed by atoms with E-state index in [4.69, 9.17) is 4.74 Å². The summed E-state index contributed by atoms with van der Waals surface area (Å²) in [6.45, 7) is 14.0. The molecule has 0 aliphatic heterocycles. The van der Waals surface area contributed by atoms with Gasteiger partial charge in [0, 0.05) is 12.0 Å². The lowest BCUT2D eigenvalue weighted by atomic mass is 9.91. The second-order valence-corrected chi connectivity index (χ2v) is 6.16. The lowest BCUT2D eigenvalue weighted by Crippen LogP contribution is -2.33. The first-order valence-electron chi connectivity index (χ1n) is 6.01. The minimum atomic E-state index is -0.241. The van der Waals surface area contributed by atoms with Gasteiger partial charge in [0.05, 0.1) is 12.1 Å². The van der Waals surface area contributed by atoms with Crippen LogP contribution >= 0.6 is 0 Å². The van der Waals surface area contributed by atoms with E-state index in [2.05, 4.69) is 5.32 Å². The standard InChI is InChI=1S/C13H27NO2/c1-12(2,3)11(15)10-14-8-7-9-16-13(4,5)6/h14H,7-10H2,1-6H3. The number of carbonyl (C=O) groups excluding carboxylic acids is 1. The summed E-state index contributed by atoms with van der Waals surface area (Å²) in [6, 6.07) is 0. The Hall–Kier alpha value is -0.410. The van der Waals surface area contributed by atoms with Gasteiger partial charge in [-0.1, -0.05) is 20.8 Å². The first-order valence-corrected chi connectivity index (χ1v) is 6.01. The van der Waals surface area contributed by atoms with Gasteiger partial charge < -0.3 is 10.1 Å². The summed E-state index contributed by atoms with van der Waals surface area (Å²) in [5, 5.41) is 3.15. The zero-order chi connectivity index (χ0) is 12.8. The molecule has 0 rings (SSSR count). The van der Waals surface area contributed by atoms with Crippen LogP contribution < -0.4 is 5.32 Å². The fourth-order valence-electron chi connectivity index (χ4n) is 1.04. The maximum Gasteiger partial charge on any atom is 0.151 e. The maximum absolute atomic E-state index is 11.6. The first kappa shape index (κ1) is 15.6. The van der Waals surface area contributed by atoms with E-state index in [0.717, 1.165) is 19.6 Å². The third kappa shape index (κ3) is 8.86. The Morgan fingerprint density at radius 3 is 2.12 bits per heavy atom. The van der Waals surface area contributed by atoms with E-state index in [1.165, 1.54) is 0 Å². The van der Waals surface area contributed by atoms with Gasteiger partial charge in [0.25, 0.3) is 0 Å². The number of hydrogen-bond donors (Lipinski definition) is 1. The molecule has 0 saturated heterocycles. The Balaban J connectivity index is 3.45. The van der Waals surface area contributed by atoms with Gasteiger partial charge in [-0.25, -0.2) is 0 Å². The van der Waals surface area contributed by atoms with Gasteiger partial charge >= 0.3 is 0 Å². The van der Waals surface area contributed by atoms with Gasteiger partial charge in [-0.15, -0.1) is 0 Å². The third-order valence-corrected chi connectivity index (χ3v) is 2.16. The van der Waals surface area contributed by atoms with Crippen molar-refractivity contribution in [1.82, 2.24) is 5.32 Å². The van der Waals surface area contributed by atoms with E-state index in [1.54, 1.807) is 0 Å².